The molecule has 1 aliphatic rings. The van der Waals surface area contributed by atoms with Crippen molar-refractivity contribution in [3.05, 3.63) is 75.7 Å². The van der Waals surface area contributed by atoms with Crippen LogP contribution in [-0.2, 0) is 23.0 Å². The normalized spacial score (nSPS) is 15.3. The summed E-state index contributed by atoms with van der Waals surface area (Å²) in [6.45, 7) is 6.41. The van der Waals surface area contributed by atoms with E-state index < -0.39 is 10.0 Å². The van der Waals surface area contributed by atoms with Gasteiger partial charge in [-0.3, -0.25) is 9.69 Å². The number of halogens is 1. The van der Waals surface area contributed by atoms with Crippen LogP contribution in [0.4, 0.5) is 0 Å². The predicted octanol–water partition coefficient (Wildman–Crippen LogP) is 4.34. The summed E-state index contributed by atoms with van der Waals surface area (Å²) in [7, 11) is -3.58. The van der Waals surface area contributed by atoms with E-state index in [1.54, 1.807) is 6.07 Å². The molecule has 33 heavy (non-hydrogen) atoms. The number of likely N-dealkylation sites (tertiary alicyclic amines) is 1. The number of thiophene rings is 1. The van der Waals surface area contributed by atoms with Gasteiger partial charge >= 0.3 is 0 Å². The van der Waals surface area contributed by atoms with Gasteiger partial charge in [-0.15, -0.1) is 23.7 Å². The van der Waals surface area contributed by atoms with Gasteiger partial charge in [0.05, 0.1) is 0 Å². The second kappa shape index (κ2) is 11.0. The third kappa shape index (κ3) is 6.13. The molecule has 6 nitrogen and oxygen atoms in total. The van der Waals surface area contributed by atoms with E-state index in [2.05, 4.69) is 26.7 Å². The number of hydrogen-bond acceptors (Lipinski definition) is 5. The maximum Gasteiger partial charge on any atom is 0.251 e. The first-order chi connectivity index (χ1) is 15.4. The van der Waals surface area contributed by atoms with E-state index in [9.17, 15) is 13.2 Å². The average Bonchev–Trinajstić information content (AvgIpc) is 3.27. The summed E-state index contributed by atoms with van der Waals surface area (Å²) in [6, 6.07) is 15.6. The van der Waals surface area contributed by atoms with Crippen LogP contribution in [0.25, 0.3) is 10.4 Å². The van der Waals surface area contributed by atoms with Gasteiger partial charge in [0, 0.05) is 47.4 Å². The van der Waals surface area contributed by atoms with Crippen molar-refractivity contribution in [3.8, 4) is 10.4 Å². The fraction of sp³-hybridized carbons (Fsp3) is 0.375. The first-order valence-corrected chi connectivity index (χ1v) is 13.3. The first kappa shape index (κ1) is 25.6. The molecular formula is C24H30ClN3O3S2. The van der Waals surface area contributed by atoms with Crippen LogP contribution in [0, 0.1) is 6.92 Å². The summed E-state index contributed by atoms with van der Waals surface area (Å²) in [5.74, 6) is 0. The van der Waals surface area contributed by atoms with Gasteiger partial charge in [0.1, 0.15) is 4.21 Å². The van der Waals surface area contributed by atoms with E-state index in [-0.39, 0.29) is 24.0 Å². The molecule has 0 saturated carbocycles. The highest BCUT2D eigenvalue weighted by molar-refractivity contribution is 7.91. The standard InChI is InChI=1S/C24H29N3O3S2.ClH/c1-3-19-15-21(17(2)25-24(19)28)22-9-10-23(31-22)32(29,30)26-20-11-13-27(14-12-20)16-18-7-5-4-6-8-18;/h4-10,15,20,26H,3,11-14,16H2,1-2H3,(H,25,28);1H. The number of hydrogen-bond donors (Lipinski definition) is 2. The molecule has 3 aromatic rings. The summed E-state index contributed by atoms with van der Waals surface area (Å²) in [5, 5.41) is 0. The zero-order chi connectivity index (χ0) is 22.7. The molecule has 9 heteroatoms. The van der Waals surface area contributed by atoms with Crippen molar-refractivity contribution in [2.45, 2.75) is 49.9 Å². The Balaban J connectivity index is 0.00000306. The minimum absolute atomic E-state index is 0. The predicted molar refractivity (Wildman–Crippen MR) is 137 cm³/mol. The lowest BCUT2D eigenvalue weighted by molar-refractivity contribution is 0.200. The van der Waals surface area contributed by atoms with E-state index in [1.807, 2.05) is 44.2 Å². The number of pyridine rings is 1. The van der Waals surface area contributed by atoms with E-state index in [4.69, 9.17) is 0 Å². The first-order valence-electron chi connectivity index (χ1n) is 11.0. The van der Waals surface area contributed by atoms with Crippen LogP contribution in [0.1, 0.15) is 36.6 Å². The number of H-pyrrole nitrogens is 1. The number of benzene rings is 1. The van der Waals surface area contributed by atoms with Gasteiger partial charge in [-0.25, -0.2) is 13.1 Å². The van der Waals surface area contributed by atoms with Crippen LogP contribution in [0.15, 0.2) is 57.5 Å². The number of nitrogens with zero attached hydrogens (tertiary/aromatic N) is 1. The molecule has 0 amide bonds. The van der Waals surface area contributed by atoms with Gasteiger partial charge in [-0.2, -0.15) is 0 Å². The second-order valence-electron chi connectivity index (χ2n) is 8.29. The van der Waals surface area contributed by atoms with Gasteiger partial charge in [0.15, 0.2) is 0 Å². The minimum atomic E-state index is -3.58. The smallest absolute Gasteiger partial charge is 0.251 e. The quantitative estimate of drug-likeness (QED) is 0.498. The van der Waals surface area contributed by atoms with Crippen LogP contribution in [0.2, 0.25) is 0 Å². The minimum Gasteiger partial charge on any atom is -0.326 e. The van der Waals surface area contributed by atoms with E-state index >= 15 is 0 Å². The summed E-state index contributed by atoms with van der Waals surface area (Å²) >= 11 is 1.24. The number of rotatable bonds is 7. The maximum absolute atomic E-state index is 13.0. The van der Waals surface area contributed by atoms with E-state index in [1.165, 1.54) is 16.9 Å². The lowest BCUT2D eigenvalue weighted by atomic mass is 10.1. The van der Waals surface area contributed by atoms with Crippen molar-refractivity contribution in [1.29, 1.82) is 0 Å². The molecule has 0 spiro atoms. The SMILES string of the molecule is CCc1cc(-c2ccc(S(=O)(=O)NC3CCN(Cc4ccccc4)CC3)s2)c(C)[nH]c1=O.Cl. The summed E-state index contributed by atoms with van der Waals surface area (Å²) in [4.78, 5) is 18.1. The molecule has 0 aliphatic carbocycles. The number of piperidine rings is 1. The van der Waals surface area contributed by atoms with Crippen molar-refractivity contribution in [1.82, 2.24) is 14.6 Å². The van der Waals surface area contributed by atoms with Crippen LogP contribution in [-0.4, -0.2) is 37.4 Å². The molecule has 2 aromatic heterocycles. The highest BCUT2D eigenvalue weighted by Gasteiger charge is 2.26. The molecule has 0 radical (unpaired) electrons. The summed E-state index contributed by atoms with van der Waals surface area (Å²) in [5.41, 5.74) is 3.52. The average molecular weight is 508 g/mol. The van der Waals surface area contributed by atoms with Crippen molar-refractivity contribution in [3.63, 3.8) is 0 Å². The third-order valence-corrected chi connectivity index (χ3v) is 9.10. The second-order valence-corrected chi connectivity index (χ2v) is 11.3. The van der Waals surface area contributed by atoms with Crippen LogP contribution >= 0.6 is 23.7 Å². The number of nitrogens with one attached hydrogen (secondary N) is 2. The third-order valence-electron chi connectivity index (χ3n) is 5.97. The molecule has 4 rings (SSSR count). The van der Waals surface area contributed by atoms with Crippen molar-refractivity contribution in [2.24, 2.45) is 0 Å². The fourth-order valence-electron chi connectivity index (χ4n) is 4.12. The Labute approximate surface area is 205 Å². The lowest BCUT2D eigenvalue weighted by Crippen LogP contribution is -2.44. The lowest BCUT2D eigenvalue weighted by Gasteiger charge is -2.32. The Morgan fingerprint density at radius 3 is 2.48 bits per heavy atom. The summed E-state index contributed by atoms with van der Waals surface area (Å²) < 4.78 is 29.2. The molecule has 0 atom stereocenters. The van der Waals surface area contributed by atoms with Gasteiger partial charge in [0.25, 0.3) is 5.56 Å². The Hall–Kier alpha value is -1.97. The fourth-order valence-corrected chi connectivity index (χ4v) is 6.82. The Bertz CT molecular complexity index is 1230. The molecule has 1 saturated heterocycles. The van der Waals surface area contributed by atoms with Crippen LogP contribution in [0.3, 0.4) is 0 Å². The topological polar surface area (TPSA) is 82.3 Å². The Morgan fingerprint density at radius 2 is 1.82 bits per heavy atom. The molecule has 0 unspecified atom stereocenters. The molecule has 0 bridgehead atoms. The van der Waals surface area contributed by atoms with Gasteiger partial charge in [-0.1, -0.05) is 37.3 Å². The van der Waals surface area contributed by atoms with Crippen LogP contribution in [0.5, 0.6) is 0 Å². The molecule has 178 valence electrons. The number of sulfonamides is 1. The molecule has 1 fully saturated rings. The Kier molecular flexibility index (Phi) is 8.53. The number of aromatic amines is 1. The van der Waals surface area contributed by atoms with Crippen molar-refractivity contribution >= 4 is 33.8 Å². The largest absolute Gasteiger partial charge is 0.326 e. The zero-order valence-electron chi connectivity index (χ0n) is 18.8. The van der Waals surface area contributed by atoms with Crippen LogP contribution < -0.4 is 10.3 Å². The number of aryl methyl sites for hydroxylation is 2. The molecule has 1 aliphatic heterocycles. The molecule has 3 heterocycles. The highest BCUT2D eigenvalue weighted by Crippen LogP contribution is 2.32. The van der Waals surface area contributed by atoms with Crippen molar-refractivity contribution < 1.29 is 8.42 Å². The highest BCUT2D eigenvalue weighted by atomic mass is 35.5. The van der Waals surface area contributed by atoms with Gasteiger partial charge < -0.3 is 4.98 Å². The van der Waals surface area contributed by atoms with Gasteiger partial charge in [0.2, 0.25) is 10.0 Å². The Morgan fingerprint density at radius 1 is 1.12 bits per heavy atom. The summed E-state index contributed by atoms with van der Waals surface area (Å²) in [6.07, 6.45) is 2.22. The van der Waals surface area contributed by atoms with E-state index in [0.717, 1.165) is 48.6 Å². The monoisotopic (exact) mass is 507 g/mol. The maximum atomic E-state index is 13.0. The molecule has 2 N–H and O–H groups in total. The zero-order valence-corrected chi connectivity index (χ0v) is 21.3. The van der Waals surface area contributed by atoms with E-state index in [0.29, 0.717) is 16.2 Å². The molecular weight excluding hydrogens is 478 g/mol. The van der Waals surface area contributed by atoms with Gasteiger partial charge in [-0.05, 0) is 49.9 Å². The van der Waals surface area contributed by atoms with Crippen molar-refractivity contribution in [2.75, 3.05) is 13.1 Å². The number of aromatic nitrogens is 1. The molecule has 1 aromatic carbocycles.